The van der Waals surface area contributed by atoms with Crippen LogP contribution in [0.5, 0.6) is 0 Å². The maximum atomic E-state index is 14.7. The molecule has 5 heteroatoms. The van der Waals surface area contributed by atoms with E-state index in [1.165, 1.54) is 18.4 Å². The van der Waals surface area contributed by atoms with Gasteiger partial charge in [-0.3, -0.25) is 9.69 Å². The summed E-state index contributed by atoms with van der Waals surface area (Å²) in [6, 6.07) is 11.9. The third-order valence-electron chi connectivity index (χ3n) is 5.53. The molecule has 0 spiro atoms. The average Bonchev–Trinajstić information content (AvgIpc) is 3.54. The topological polar surface area (TPSA) is 44.4 Å². The first-order chi connectivity index (χ1) is 13.2. The molecule has 4 nitrogen and oxygen atoms in total. The molecular weight excluding hydrogens is 341 g/mol. The summed E-state index contributed by atoms with van der Waals surface area (Å²) in [6.07, 6.45) is 3.22. The Balaban J connectivity index is 1.44. The highest BCUT2D eigenvalue weighted by Gasteiger charge is 2.27. The van der Waals surface area contributed by atoms with Gasteiger partial charge in [-0.25, -0.2) is 4.39 Å². The van der Waals surface area contributed by atoms with Gasteiger partial charge in [-0.1, -0.05) is 25.1 Å². The summed E-state index contributed by atoms with van der Waals surface area (Å²) in [5.41, 5.74) is 3.69. The predicted octanol–water partition coefficient (Wildman–Crippen LogP) is 3.71. The van der Waals surface area contributed by atoms with E-state index in [0.29, 0.717) is 24.1 Å². The average molecular weight is 367 g/mol. The summed E-state index contributed by atoms with van der Waals surface area (Å²) >= 11 is 0. The molecule has 1 fully saturated rings. The Hall–Kier alpha value is -2.24. The molecule has 1 aliphatic carbocycles. The molecule has 0 unspecified atom stereocenters. The van der Waals surface area contributed by atoms with E-state index in [2.05, 4.69) is 22.5 Å². The fraction of sp³-hybridized carbons (Fsp3) is 0.409. The van der Waals surface area contributed by atoms with Crippen molar-refractivity contribution in [2.75, 3.05) is 18.4 Å². The minimum atomic E-state index is -0.304. The van der Waals surface area contributed by atoms with Crippen molar-refractivity contribution in [1.29, 1.82) is 0 Å². The molecule has 0 saturated heterocycles. The molecule has 2 N–H and O–H groups in total. The molecular formula is C22H26FN3O. The molecule has 2 aromatic rings. The van der Waals surface area contributed by atoms with Crippen LogP contribution in [0.15, 0.2) is 36.4 Å². The second kappa shape index (κ2) is 7.79. The van der Waals surface area contributed by atoms with Crippen LogP contribution in [0.3, 0.4) is 0 Å². The summed E-state index contributed by atoms with van der Waals surface area (Å²) < 4.78 is 14.7. The van der Waals surface area contributed by atoms with Crippen LogP contribution in [0.4, 0.5) is 10.1 Å². The first kappa shape index (κ1) is 18.1. The Labute approximate surface area is 159 Å². The highest BCUT2D eigenvalue weighted by atomic mass is 19.1. The largest absolute Gasteiger partial charge is 0.319 e. The molecule has 1 aliphatic heterocycles. The predicted molar refractivity (Wildman–Crippen MR) is 105 cm³/mol. The molecule has 0 bridgehead atoms. The number of rotatable bonds is 6. The zero-order chi connectivity index (χ0) is 18.8. The zero-order valence-corrected chi connectivity index (χ0v) is 15.7. The third kappa shape index (κ3) is 4.04. The van der Waals surface area contributed by atoms with Crippen molar-refractivity contribution in [3.8, 4) is 0 Å². The monoisotopic (exact) mass is 367 g/mol. The smallest absolute Gasteiger partial charge is 0.255 e. The number of anilines is 1. The molecule has 1 amide bonds. The van der Waals surface area contributed by atoms with E-state index in [9.17, 15) is 9.18 Å². The second-order valence-electron chi connectivity index (χ2n) is 7.44. The highest BCUT2D eigenvalue weighted by Crippen LogP contribution is 2.28. The Morgan fingerprint density at radius 3 is 2.70 bits per heavy atom. The first-order valence-corrected chi connectivity index (χ1v) is 9.81. The van der Waals surface area contributed by atoms with Gasteiger partial charge in [0.2, 0.25) is 0 Å². The van der Waals surface area contributed by atoms with E-state index in [1.54, 1.807) is 6.07 Å². The van der Waals surface area contributed by atoms with Crippen molar-refractivity contribution >= 4 is 11.6 Å². The van der Waals surface area contributed by atoms with E-state index < -0.39 is 0 Å². The molecule has 1 heterocycles. The lowest BCUT2D eigenvalue weighted by Crippen LogP contribution is -2.25. The van der Waals surface area contributed by atoms with E-state index in [0.717, 1.165) is 31.2 Å². The van der Waals surface area contributed by atoms with Crippen LogP contribution >= 0.6 is 0 Å². The first-order valence-electron chi connectivity index (χ1n) is 9.81. The number of hydrogen-bond acceptors (Lipinski definition) is 3. The van der Waals surface area contributed by atoms with Crippen LogP contribution in [-0.4, -0.2) is 29.9 Å². The SMILES string of the molecule is CCN(Cc1ccc(C(=O)Nc2ccc3c(c2F)CCNC3)cc1)C1CC1. The Bertz CT molecular complexity index is 830. The summed E-state index contributed by atoms with van der Waals surface area (Å²) in [7, 11) is 0. The lowest BCUT2D eigenvalue weighted by molar-refractivity contribution is 0.102. The quantitative estimate of drug-likeness (QED) is 0.818. The molecule has 142 valence electrons. The number of nitrogens with one attached hydrogen (secondary N) is 2. The Morgan fingerprint density at radius 1 is 1.22 bits per heavy atom. The van der Waals surface area contributed by atoms with Gasteiger partial charge in [0.15, 0.2) is 0 Å². The maximum Gasteiger partial charge on any atom is 0.255 e. The van der Waals surface area contributed by atoms with Crippen LogP contribution < -0.4 is 10.6 Å². The molecule has 2 aromatic carbocycles. The third-order valence-corrected chi connectivity index (χ3v) is 5.53. The highest BCUT2D eigenvalue weighted by molar-refractivity contribution is 6.04. The number of benzene rings is 2. The van der Waals surface area contributed by atoms with Crippen molar-refractivity contribution in [2.45, 2.75) is 45.3 Å². The van der Waals surface area contributed by atoms with Crippen LogP contribution in [0.1, 0.15) is 46.8 Å². The molecule has 0 radical (unpaired) electrons. The van der Waals surface area contributed by atoms with Gasteiger partial charge >= 0.3 is 0 Å². The summed E-state index contributed by atoms with van der Waals surface area (Å²) in [6.45, 7) is 5.58. The van der Waals surface area contributed by atoms with Gasteiger partial charge in [0, 0.05) is 24.7 Å². The van der Waals surface area contributed by atoms with Crippen molar-refractivity contribution in [3.63, 3.8) is 0 Å². The molecule has 4 rings (SSSR count). The van der Waals surface area contributed by atoms with Crippen LogP contribution in [0.25, 0.3) is 0 Å². The van der Waals surface area contributed by atoms with Gasteiger partial charge in [0.25, 0.3) is 5.91 Å². The lowest BCUT2D eigenvalue weighted by atomic mass is 9.99. The fourth-order valence-corrected chi connectivity index (χ4v) is 3.76. The summed E-state index contributed by atoms with van der Waals surface area (Å²) in [5.74, 6) is -0.578. The van der Waals surface area contributed by atoms with Gasteiger partial charge in [0.1, 0.15) is 5.82 Å². The number of amides is 1. The van der Waals surface area contributed by atoms with Crippen molar-refractivity contribution in [1.82, 2.24) is 10.2 Å². The normalized spacial score (nSPS) is 16.3. The van der Waals surface area contributed by atoms with Crippen molar-refractivity contribution < 1.29 is 9.18 Å². The molecule has 2 aliphatic rings. The summed E-state index contributed by atoms with van der Waals surface area (Å²) in [5, 5.41) is 5.96. The number of fused-ring (bicyclic) bond motifs is 1. The van der Waals surface area contributed by atoms with E-state index in [4.69, 9.17) is 0 Å². The van der Waals surface area contributed by atoms with Gasteiger partial charge in [-0.05, 0) is 67.2 Å². The number of carbonyl (C=O) groups is 1. The summed E-state index contributed by atoms with van der Waals surface area (Å²) in [4.78, 5) is 15.0. The number of halogens is 1. The van der Waals surface area contributed by atoms with Crippen LogP contribution in [0.2, 0.25) is 0 Å². The van der Waals surface area contributed by atoms with E-state index in [-0.39, 0.29) is 17.4 Å². The zero-order valence-electron chi connectivity index (χ0n) is 15.7. The van der Waals surface area contributed by atoms with E-state index >= 15 is 0 Å². The van der Waals surface area contributed by atoms with Gasteiger partial charge in [-0.15, -0.1) is 0 Å². The number of carbonyl (C=O) groups excluding carboxylic acids is 1. The maximum absolute atomic E-state index is 14.7. The van der Waals surface area contributed by atoms with Crippen molar-refractivity contribution in [2.24, 2.45) is 0 Å². The van der Waals surface area contributed by atoms with Crippen molar-refractivity contribution in [3.05, 3.63) is 64.5 Å². The number of hydrogen-bond donors (Lipinski definition) is 2. The number of nitrogens with zero attached hydrogens (tertiary/aromatic N) is 1. The van der Waals surface area contributed by atoms with Gasteiger partial charge in [-0.2, -0.15) is 0 Å². The molecule has 0 aromatic heterocycles. The fourth-order valence-electron chi connectivity index (χ4n) is 3.76. The van der Waals surface area contributed by atoms with Gasteiger partial charge < -0.3 is 10.6 Å². The minimum absolute atomic E-state index is 0.260. The Morgan fingerprint density at radius 2 is 2.00 bits per heavy atom. The Kier molecular flexibility index (Phi) is 5.23. The molecule has 1 saturated carbocycles. The van der Waals surface area contributed by atoms with E-state index in [1.807, 2.05) is 30.3 Å². The van der Waals surface area contributed by atoms with Crippen LogP contribution in [0, 0.1) is 5.82 Å². The minimum Gasteiger partial charge on any atom is -0.319 e. The van der Waals surface area contributed by atoms with Crippen LogP contribution in [-0.2, 0) is 19.5 Å². The standard InChI is InChI=1S/C22H26FN3O/c1-2-26(18-8-9-18)14-15-3-5-16(6-4-15)22(27)25-20-10-7-17-13-24-12-11-19(17)21(20)23/h3-7,10,18,24H,2,8-9,11-14H2,1H3,(H,25,27). The molecule has 0 atom stereocenters. The second-order valence-corrected chi connectivity index (χ2v) is 7.44. The lowest BCUT2D eigenvalue weighted by Gasteiger charge is -2.20. The van der Waals surface area contributed by atoms with Gasteiger partial charge in [0.05, 0.1) is 5.69 Å². The molecule has 27 heavy (non-hydrogen) atoms.